The Morgan fingerprint density at radius 3 is 2.40 bits per heavy atom. The van der Waals surface area contributed by atoms with Crippen LogP contribution in [0, 0.1) is 6.92 Å². The number of rotatable bonds is 11. The second kappa shape index (κ2) is 12.9. The fourth-order valence-corrected chi connectivity index (χ4v) is 3.19. The number of carbonyl (C=O) groups excluding carboxylic acids is 2. The van der Waals surface area contributed by atoms with Crippen LogP contribution in [-0.4, -0.2) is 31.8 Å². The molecule has 0 bridgehead atoms. The summed E-state index contributed by atoms with van der Waals surface area (Å²) in [4.78, 5) is 24.4. The smallest absolute Gasteiger partial charge is 0.343 e. The lowest BCUT2D eigenvalue weighted by Crippen LogP contribution is -2.24. The Kier molecular flexibility index (Phi) is 9.42. The molecule has 3 aromatic rings. The lowest BCUT2D eigenvalue weighted by atomic mass is 10.1. The molecule has 3 rings (SSSR count). The molecule has 1 N–H and O–H groups in total. The van der Waals surface area contributed by atoms with E-state index in [0.717, 1.165) is 24.8 Å². The lowest BCUT2D eigenvalue weighted by Gasteiger charge is -2.10. The van der Waals surface area contributed by atoms with E-state index >= 15 is 0 Å². The molecule has 0 radical (unpaired) electrons. The van der Waals surface area contributed by atoms with Crippen LogP contribution in [0.3, 0.4) is 0 Å². The van der Waals surface area contributed by atoms with Crippen molar-refractivity contribution in [1.29, 1.82) is 0 Å². The highest BCUT2D eigenvalue weighted by atomic mass is 16.6. The van der Waals surface area contributed by atoms with Crippen LogP contribution in [0.1, 0.15) is 46.8 Å². The Hall–Kier alpha value is -4.13. The number of unbranched alkanes of at least 4 members (excludes halogenated alkanes) is 1. The maximum Gasteiger partial charge on any atom is 0.343 e. The fraction of sp³-hybridized carbons (Fsp3) is 0.250. The van der Waals surface area contributed by atoms with Crippen molar-refractivity contribution in [3.05, 3.63) is 89.0 Å². The van der Waals surface area contributed by atoms with Crippen LogP contribution in [0.2, 0.25) is 0 Å². The third-order valence-electron chi connectivity index (χ3n) is 5.19. The Bertz CT molecular complexity index is 1150. The predicted octanol–water partition coefficient (Wildman–Crippen LogP) is 5.09. The Morgan fingerprint density at radius 2 is 1.71 bits per heavy atom. The molecule has 35 heavy (non-hydrogen) atoms. The SMILES string of the molecule is CCCCc1ccc(OCC(=O)N/N=C/c2ccc(OC(=O)c3ccc(C)cc3)c(OC)c2)cc1. The largest absolute Gasteiger partial charge is 0.493 e. The summed E-state index contributed by atoms with van der Waals surface area (Å²) in [6.45, 7) is 3.96. The van der Waals surface area contributed by atoms with E-state index < -0.39 is 5.97 Å². The van der Waals surface area contributed by atoms with Gasteiger partial charge in [-0.05, 0) is 73.4 Å². The van der Waals surface area contributed by atoms with Crippen molar-refractivity contribution >= 4 is 18.1 Å². The molecule has 0 spiro atoms. The Morgan fingerprint density at radius 1 is 0.971 bits per heavy atom. The van der Waals surface area contributed by atoms with Crippen LogP contribution in [0.5, 0.6) is 17.2 Å². The van der Waals surface area contributed by atoms with Gasteiger partial charge in [-0.3, -0.25) is 4.79 Å². The van der Waals surface area contributed by atoms with Gasteiger partial charge in [-0.25, -0.2) is 10.2 Å². The molecule has 0 aliphatic carbocycles. The number of benzene rings is 3. The van der Waals surface area contributed by atoms with Crippen molar-refractivity contribution in [2.45, 2.75) is 33.1 Å². The van der Waals surface area contributed by atoms with Gasteiger partial charge in [-0.15, -0.1) is 0 Å². The molecular formula is C28H30N2O5. The average molecular weight is 475 g/mol. The highest BCUT2D eigenvalue weighted by molar-refractivity contribution is 5.91. The summed E-state index contributed by atoms with van der Waals surface area (Å²) < 4.78 is 16.3. The monoisotopic (exact) mass is 474 g/mol. The summed E-state index contributed by atoms with van der Waals surface area (Å²) in [5.74, 6) is 0.421. The van der Waals surface area contributed by atoms with Gasteiger partial charge in [0.1, 0.15) is 5.75 Å². The van der Waals surface area contributed by atoms with Gasteiger partial charge in [0.25, 0.3) is 5.91 Å². The topological polar surface area (TPSA) is 86.2 Å². The first-order valence-electron chi connectivity index (χ1n) is 11.5. The molecule has 0 heterocycles. The molecule has 0 aliphatic rings. The number of amides is 1. The first-order chi connectivity index (χ1) is 17.0. The van der Waals surface area contributed by atoms with E-state index in [1.54, 1.807) is 30.3 Å². The summed E-state index contributed by atoms with van der Waals surface area (Å²) in [7, 11) is 1.48. The van der Waals surface area contributed by atoms with E-state index in [1.807, 2.05) is 43.3 Å². The van der Waals surface area contributed by atoms with Gasteiger partial charge >= 0.3 is 5.97 Å². The zero-order valence-corrected chi connectivity index (χ0v) is 20.2. The number of hydrogen-bond acceptors (Lipinski definition) is 6. The van der Waals surface area contributed by atoms with E-state index in [1.165, 1.54) is 18.9 Å². The van der Waals surface area contributed by atoms with Crippen molar-refractivity contribution in [2.24, 2.45) is 5.10 Å². The normalized spacial score (nSPS) is 10.7. The van der Waals surface area contributed by atoms with Crippen LogP contribution < -0.4 is 19.6 Å². The average Bonchev–Trinajstić information content (AvgIpc) is 2.88. The lowest BCUT2D eigenvalue weighted by molar-refractivity contribution is -0.123. The third kappa shape index (κ3) is 7.99. The first-order valence-corrected chi connectivity index (χ1v) is 11.5. The van der Waals surface area contributed by atoms with Gasteiger partial charge in [0.2, 0.25) is 0 Å². The minimum absolute atomic E-state index is 0.150. The van der Waals surface area contributed by atoms with Crippen molar-refractivity contribution in [3.8, 4) is 17.2 Å². The van der Waals surface area contributed by atoms with Gasteiger partial charge in [-0.1, -0.05) is 43.2 Å². The van der Waals surface area contributed by atoms with Gasteiger partial charge in [-0.2, -0.15) is 5.10 Å². The fourth-order valence-electron chi connectivity index (χ4n) is 3.19. The molecule has 0 fully saturated rings. The zero-order chi connectivity index (χ0) is 25.0. The molecule has 0 atom stereocenters. The molecule has 0 aromatic heterocycles. The van der Waals surface area contributed by atoms with E-state index in [-0.39, 0.29) is 18.3 Å². The Labute approximate surface area is 205 Å². The summed E-state index contributed by atoms with van der Waals surface area (Å²) in [5.41, 5.74) is 5.83. The van der Waals surface area contributed by atoms with E-state index in [0.29, 0.717) is 22.6 Å². The molecule has 0 aliphatic heterocycles. The number of methoxy groups -OCH3 is 1. The molecule has 0 saturated heterocycles. The van der Waals surface area contributed by atoms with Crippen LogP contribution >= 0.6 is 0 Å². The quantitative estimate of drug-likeness (QED) is 0.181. The summed E-state index contributed by atoms with van der Waals surface area (Å²) in [5, 5.41) is 3.96. The number of nitrogens with one attached hydrogen (secondary N) is 1. The maximum absolute atomic E-state index is 12.4. The number of aryl methyl sites for hydroxylation is 2. The van der Waals surface area contributed by atoms with Gasteiger partial charge in [0.15, 0.2) is 18.1 Å². The van der Waals surface area contributed by atoms with E-state index in [4.69, 9.17) is 14.2 Å². The second-order valence-corrected chi connectivity index (χ2v) is 8.00. The summed E-state index contributed by atoms with van der Waals surface area (Å²) in [6.07, 6.45) is 4.80. The molecule has 7 nitrogen and oxygen atoms in total. The van der Waals surface area contributed by atoms with Gasteiger partial charge < -0.3 is 14.2 Å². The van der Waals surface area contributed by atoms with Crippen molar-refractivity contribution in [3.63, 3.8) is 0 Å². The molecule has 3 aromatic carbocycles. The van der Waals surface area contributed by atoms with Crippen LogP contribution in [0.4, 0.5) is 0 Å². The number of hydrazone groups is 1. The second-order valence-electron chi connectivity index (χ2n) is 8.00. The number of ether oxygens (including phenoxy) is 3. The minimum Gasteiger partial charge on any atom is -0.493 e. The maximum atomic E-state index is 12.4. The van der Waals surface area contributed by atoms with Crippen molar-refractivity contribution < 1.29 is 23.8 Å². The van der Waals surface area contributed by atoms with Crippen molar-refractivity contribution in [2.75, 3.05) is 13.7 Å². The predicted molar refractivity (Wildman–Crippen MR) is 135 cm³/mol. The first kappa shape index (κ1) is 25.5. The highest BCUT2D eigenvalue weighted by Gasteiger charge is 2.13. The molecule has 0 saturated carbocycles. The van der Waals surface area contributed by atoms with Crippen LogP contribution in [0.15, 0.2) is 71.8 Å². The van der Waals surface area contributed by atoms with Gasteiger partial charge in [0, 0.05) is 0 Å². The standard InChI is InChI=1S/C28H30N2O5/c1-4-5-6-21-9-14-24(15-10-21)34-19-27(31)30-29-18-22-11-16-25(26(17-22)33-3)35-28(32)23-12-7-20(2)8-13-23/h7-18H,4-6,19H2,1-3H3,(H,30,31)/b29-18+. The minimum atomic E-state index is -0.479. The number of nitrogens with zero attached hydrogens (tertiary/aromatic N) is 1. The van der Waals surface area contributed by atoms with Crippen LogP contribution in [0.25, 0.3) is 0 Å². The van der Waals surface area contributed by atoms with E-state index in [9.17, 15) is 9.59 Å². The highest BCUT2D eigenvalue weighted by Crippen LogP contribution is 2.28. The number of hydrogen-bond donors (Lipinski definition) is 1. The molecule has 1 amide bonds. The number of carbonyl (C=O) groups is 2. The van der Waals surface area contributed by atoms with Crippen LogP contribution in [-0.2, 0) is 11.2 Å². The van der Waals surface area contributed by atoms with Gasteiger partial charge in [0.05, 0.1) is 18.9 Å². The molecule has 7 heteroatoms. The van der Waals surface area contributed by atoms with Crippen molar-refractivity contribution in [1.82, 2.24) is 5.43 Å². The molecule has 0 unspecified atom stereocenters. The molecular weight excluding hydrogens is 444 g/mol. The third-order valence-corrected chi connectivity index (χ3v) is 5.19. The number of esters is 1. The molecule has 182 valence electrons. The Balaban J connectivity index is 1.50. The zero-order valence-electron chi connectivity index (χ0n) is 20.2. The summed E-state index contributed by atoms with van der Waals surface area (Å²) >= 11 is 0. The van der Waals surface area contributed by atoms with E-state index in [2.05, 4.69) is 17.5 Å². The summed E-state index contributed by atoms with van der Waals surface area (Å²) in [6, 6.07) is 19.8.